The van der Waals surface area contributed by atoms with Crippen LogP contribution in [0.15, 0.2) is 35.5 Å². The molecule has 31 heavy (non-hydrogen) atoms. The summed E-state index contributed by atoms with van der Waals surface area (Å²) < 4.78 is 0. The van der Waals surface area contributed by atoms with Crippen LogP contribution in [-0.4, -0.2) is 38.5 Å². The Morgan fingerprint density at radius 2 is 1.97 bits per heavy atom. The molecule has 3 fully saturated rings. The predicted octanol–water partition coefficient (Wildman–Crippen LogP) is 5.92. The van der Waals surface area contributed by atoms with Crippen molar-refractivity contribution >= 4 is 11.6 Å². The second-order valence-electron chi connectivity index (χ2n) is 11.4. The first-order valence-corrected chi connectivity index (χ1v) is 12.7. The highest BCUT2D eigenvalue weighted by atomic mass is 35.5. The normalized spacial score (nSPS) is 40.4. The van der Waals surface area contributed by atoms with Gasteiger partial charge in [-0.3, -0.25) is 0 Å². The van der Waals surface area contributed by atoms with E-state index in [0.29, 0.717) is 29.2 Å². The van der Waals surface area contributed by atoms with Crippen LogP contribution in [0.4, 0.5) is 0 Å². The van der Waals surface area contributed by atoms with Gasteiger partial charge in [-0.25, -0.2) is 0 Å². The second-order valence-corrected chi connectivity index (χ2v) is 11.9. The van der Waals surface area contributed by atoms with E-state index in [2.05, 4.69) is 32.6 Å². The van der Waals surface area contributed by atoms with Crippen molar-refractivity contribution in [1.82, 2.24) is 0 Å². The highest BCUT2D eigenvalue weighted by Gasteiger charge is 2.50. The van der Waals surface area contributed by atoms with Gasteiger partial charge in [-0.2, -0.15) is 0 Å². The Bertz CT molecular complexity index is 718. The number of hydrogen-bond donors (Lipinski definition) is 3. The Labute approximate surface area is 194 Å². The van der Waals surface area contributed by atoms with Gasteiger partial charge in [0.05, 0.1) is 23.2 Å². The number of rotatable bonds is 6. The van der Waals surface area contributed by atoms with E-state index < -0.39 is 23.2 Å². The summed E-state index contributed by atoms with van der Waals surface area (Å²) in [6, 6.07) is 0. The molecule has 0 amide bonds. The molecule has 0 aromatic carbocycles. The zero-order valence-electron chi connectivity index (χ0n) is 19.9. The van der Waals surface area contributed by atoms with E-state index >= 15 is 0 Å². The van der Waals surface area contributed by atoms with Gasteiger partial charge in [-0.1, -0.05) is 51.0 Å². The zero-order valence-corrected chi connectivity index (χ0v) is 20.7. The average Bonchev–Trinajstić information content (AvgIpc) is 3.04. The average molecular weight is 451 g/mol. The van der Waals surface area contributed by atoms with Crippen molar-refractivity contribution in [1.29, 1.82) is 0 Å². The van der Waals surface area contributed by atoms with Crippen LogP contribution in [0, 0.1) is 23.2 Å². The van der Waals surface area contributed by atoms with Crippen LogP contribution in [0.25, 0.3) is 0 Å². The SMILES string of the molecule is C=C1/C(=C/C=C2\CCC[C@]3(C)[C@@H]([C@H](C)CCCC(C)(C)O)CC[C@@H]23)C[C@@H](O)[C@H](Cl)[C@H]1O. The van der Waals surface area contributed by atoms with E-state index in [0.717, 1.165) is 30.8 Å². The van der Waals surface area contributed by atoms with E-state index in [1.165, 1.54) is 37.7 Å². The van der Waals surface area contributed by atoms with Crippen LogP contribution in [0.1, 0.15) is 85.5 Å². The van der Waals surface area contributed by atoms with Crippen molar-refractivity contribution in [2.75, 3.05) is 0 Å². The Morgan fingerprint density at radius 3 is 2.65 bits per heavy atom. The van der Waals surface area contributed by atoms with Gasteiger partial charge in [-0.15, -0.1) is 11.6 Å². The molecule has 0 heterocycles. The molecule has 0 aliphatic heterocycles. The maximum Gasteiger partial charge on any atom is 0.0975 e. The molecule has 0 bridgehead atoms. The number of halogens is 1. The minimum absolute atomic E-state index is 0.348. The molecule has 0 aromatic rings. The Hall–Kier alpha value is -0.610. The van der Waals surface area contributed by atoms with Gasteiger partial charge in [0, 0.05) is 6.42 Å². The molecule has 3 rings (SSSR count). The molecular weight excluding hydrogens is 408 g/mol. The van der Waals surface area contributed by atoms with Crippen molar-refractivity contribution in [3.05, 3.63) is 35.5 Å². The first kappa shape index (κ1) is 25.0. The van der Waals surface area contributed by atoms with Gasteiger partial charge in [0.2, 0.25) is 0 Å². The van der Waals surface area contributed by atoms with E-state index in [-0.39, 0.29) is 0 Å². The van der Waals surface area contributed by atoms with E-state index in [9.17, 15) is 15.3 Å². The maximum atomic E-state index is 10.3. The summed E-state index contributed by atoms with van der Waals surface area (Å²) in [5.74, 6) is 2.03. The lowest BCUT2D eigenvalue weighted by atomic mass is 9.60. The molecule has 0 spiro atoms. The topological polar surface area (TPSA) is 60.7 Å². The third kappa shape index (κ3) is 5.49. The number of aliphatic hydroxyl groups excluding tert-OH is 2. The van der Waals surface area contributed by atoms with Crippen molar-refractivity contribution in [2.45, 2.75) is 109 Å². The molecule has 0 aromatic heterocycles. The lowest BCUT2D eigenvalue weighted by Crippen LogP contribution is -2.39. The third-order valence-electron chi connectivity index (χ3n) is 8.54. The molecule has 0 saturated heterocycles. The van der Waals surface area contributed by atoms with Gasteiger partial charge in [0.15, 0.2) is 0 Å². The molecular formula is C27H43ClO3. The Kier molecular flexibility index (Phi) is 7.84. The van der Waals surface area contributed by atoms with E-state index in [1.807, 2.05) is 13.8 Å². The monoisotopic (exact) mass is 450 g/mol. The molecule has 0 unspecified atom stereocenters. The molecule has 0 radical (unpaired) electrons. The molecule has 3 nitrogen and oxygen atoms in total. The molecule has 3 aliphatic carbocycles. The maximum absolute atomic E-state index is 10.3. The lowest BCUT2D eigenvalue weighted by Gasteiger charge is -2.44. The highest BCUT2D eigenvalue weighted by Crippen LogP contribution is 2.60. The number of allylic oxidation sites excluding steroid dienone is 3. The molecule has 176 valence electrons. The van der Waals surface area contributed by atoms with Crippen LogP contribution < -0.4 is 0 Å². The smallest absolute Gasteiger partial charge is 0.0975 e. The molecule has 3 aliphatic rings. The van der Waals surface area contributed by atoms with Gasteiger partial charge >= 0.3 is 0 Å². The van der Waals surface area contributed by atoms with Gasteiger partial charge < -0.3 is 15.3 Å². The van der Waals surface area contributed by atoms with Crippen LogP contribution in [0.3, 0.4) is 0 Å². The third-order valence-corrected chi connectivity index (χ3v) is 9.07. The molecule has 4 heteroatoms. The quantitative estimate of drug-likeness (QED) is 0.440. The molecule has 3 saturated carbocycles. The number of hydrogen-bond acceptors (Lipinski definition) is 3. The summed E-state index contributed by atoms with van der Waals surface area (Å²) in [4.78, 5) is 0. The lowest BCUT2D eigenvalue weighted by molar-refractivity contribution is 0.0596. The van der Waals surface area contributed by atoms with Crippen LogP contribution in [0.5, 0.6) is 0 Å². The Morgan fingerprint density at radius 1 is 1.26 bits per heavy atom. The fraction of sp³-hybridized carbons (Fsp3) is 0.778. The summed E-state index contributed by atoms with van der Waals surface area (Å²) in [7, 11) is 0. The van der Waals surface area contributed by atoms with Gasteiger partial charge in [0.1, 0.15) is 0 Å². The number of aliphatic hydroxyl groups is 3. The number of fused-ring (bicyclic) bond motifs is 1. The minimum Gasteiger partial charge on any atom is -0.391 e. The van der Waals surface area contributed by atoms with Crippen LogP contribution >= 0.6 is 11.6 Å². The standard InChI is InChI=1S/C27H43ClO3/c1-17(8-6-14-26(3,4)31)21-12-13-22-19(9-7-15-27(21,22)5)10-11-20-16-23(29)24(28)25(30)18(20)2/h10-11,17,21-25,29-31H,2,6-9,12-16H2,1,3-5H3/b19-10+,20-11+/t17-,21-,22+,23-,24+,25+,27-/m1/s1. The largest absolute Gasteiger partial charge is 0.391 e. The fourth-order valence-corrected chi connectivity index (χ4v) is 6.96. The molecule has 7 atom stereocenters. The second kappa shape index (κ2) is 9.71. The van der Waals surface area contributed by atoms with Crippen molar-refractivity contribution < 1.29 is 15.3 Å². The van der Waals surface area contributed by atoms with E-state index in [4.69, 9.17) is 11.6 Å². The van der Waals surface area contributed by atoms with Crippen molar-refractivity contribution in [2.24, 2.45) is 23.2 Å². The Balaban J connectivity index is 1.71. The predicted molar refractivity (Wildman–Crippen MR) is 129 cm³/mol. The molecule has 3 N–H and O–H groups in total. The summed E-state index contributed by atoms with van der Waals surface area (Å²) in [5, 5.41) is 29.8. The van der Waals surface area contributed by atoms with Crippen LogP contribution in [-0.2, 0) is 0 Å². The van der Waals surface area contributed by atoms with Crippen molar-refractivity contribution in [3.8, 4) is 0 Å². The summed E-state index contributed by atoms with van der Waals surface area (Å²) >= 11 is 6.11. The fourth-order valence-electron chi connectivity index (χ4n) is 6.72. The van der Waals surface area contributed by atoms with Gasteiger partial charge in [0.25, 0.3) is 0 Å². The first-order chi connectivity index (χ1) is 14.4. The number of alkyl halides is 1. The summed E-state index contributed by atoms with van der Waals surface area (Å²) in [6.07, 6.45) is 12.5. The van der Waals surface area contributed by atoms with E-state index in [1.54, 1.807) is 0 Å². The van der Waals surface area contributed by atoms with Crippen molar-refractivity contribution in [3.63, 3.8) is 0 Å². The summed E-state index contributed by atoms with van der Waals surface area (Å²) in [6.45, 7) is 12.8. The van der Waals surface area contributed by atoms with Gasteiger partial charge in [-0.05, 0) is 86.7 Å². The highest BCUT2D eigenvalue weighted by molar-refractivity contribution is 6.21. The zero-order chi connectivity index (χ0) is 23.0. The summed E-state index contributed by atoms with van der Waals surface area (Å²) in [5.41, 5.74) is 2.87. The minimum atomic E-state index is -0.882. The first-order valence-electron chi connectivity index (χ1n) is 12.3. The van der Waals surface area contributed by atoms with Crippen LogP contribution in [0.2, 0.25) is 0 Å².